The molecule has 3 rings (SSSR count). The lowest BCUT2D eigenvalue weighted by Crippen LogP contribution is -2.10. The Morgan fingerprint density at radius 2 is 0.933 bits per heavy atom. The predicted octanol–water partition coefficient (Wildman–Crippen LogP) is 7.97. The third kappa shape index (κ3) is 5.65. The van der Waals surface area contributed by atoms with Crippen molar-refractivity contribution in [1.82, 2.24) is 0 Å². The monoisotopic (exact) mass is 435 g/mol. The van der Waals surface area contributed by atoms with Gasteiger partial charge in [-0.1, -0.05) is 95.1 Å². The lowest BCUT2D eigenvalue weighted by molar-refractivity contribution is -0.276. The average molecular weight is 436 g/mol. The van der Waals surface area contributed by atoms with Crippen LogP contribution in [0.15, 0.2) is 80.2 Å². The Hall–Kier alpha value is -1.84. The molecule has 0 fully saturated rings. The Morgan fingerprint density at radius 1 is 0.600 bits per heavy atom. The zero-order chi connectivity index (χ0) is 22.1. The molecule has 158 valence electrons. The normalized spacial score (nSPS) is 12.2. The number of hydrogen-bond acceptors (Lipinski definition) is 3. The van der Waals surface area contributed by atoms with Crippen LogP contribution < -0.4 is 5.11 Å². The van der Waals surface area contributed by atoms with Gasteiger partial charge < -0.3 is 5.11 Å². The van der Waals surface area contributed by atoms with E-state index in [1.165, 1.54) is 11.1 Å². The van der Waals surface area contributed by atoms with Crippen LogP contribution in [0, 0.1) is 6.92 Å². The Kier molecular flexibility index (Phi) is 6.64. The van der Waals surface area contributed by atoms with Gasteiger partial charge in [0, 0.05) is 19.6 Å². The van der Waals surface area contributed by atoms with E-state index in [4.69, 9.17) is 0 Å². The molecule has 0 atom stereocenters. The van der Waals surface area contributed by atoms with Gasteiger partial charge >= 0.3 is 0 Å². The van der Waals surface area contributed by atoms with E-state index in [1.54, 1.807) is 23.5 Å². The highest BCUT2D eigenvalue weighted by molar-refractivity contribution is 8.00. The van der Waals surface area contributed by atoms with Gasteiger partial charge in [-0.3, -0.25) is 0 Å². The van der Waals surface area contributed by atoms with Crippen molar-refractivity contribution < 1.29 is 5.11 Å². The largest absolute Gasteiger partial charge is 0.871 e. The molecule has 0 unspecified atom stereocenters. The molecule has 1 nitrogen and oxygen atoms in total. The van der Waals surface area contributed by atoms with E-state index in [9.17, 15) is 5.11 Å². The van der Waals surface area contributed by atoms with Crippen LogP contribution >= 0.6 is 23.5 Å². The third-order valence-electron chi connectivity index (χ3n) is 5.06. The second-order valence-electron chi connectivity index (χ2n) is 9.84. The molecule has 30 heavy (non-hydrogen) atoms. The standard InChI is InChI=1S/C27H32OS2/c1-18-16-23(29-21-12-8-19(9-13-21)26(2,3)4)25(28)24(17-18)30-22-14-10-20(11-15-22)27(5,6)7/h8-17,28H,1-7H3/p-1. The fourth-order valence-electron chi connectivity index (χ4n) is 3.16. The van der Waals surface area contributed by atoms with Gasteiger partial charge in [0.25, 0.3) is 0 Å². The summed E-state index contributed by atoms with van der Waals surface area (Å²) < 4.78 is 0. The predicted molar refractivity (Wildman–Crippen MR) is 129 cm³/mol. The summed E-state index contributed by atoms with van der Waals surface area (Å²) in [5.41, 5.74) is 3.96. The molecule has 3 aromatic carbocycles. The molecule has 0 aliphatic carbocycles. The van der Waals surface area contributed by atoms with E-state index in [0.29, 0.717) is 0 Å². The van der Waals surface area contributed by atoms with Gasteiger partial charge in [0.15, 0.2) is 0 Å². The highest BCUT2D eigenvalue weighted by atomic mass is 32.2. The van der Waals surface area contributed by atoms with Crippen molar-refractivity contribution in [2.45, 2.75) is 78.9 Å². The number of rotatable bonds is 4. The van der Waals surface area contributed by atoms with E-state index >= 15 is 0 Å². The molecule has 3 heteroatoms. The molecule has 0 aromatic heterocycles. The molecule has 0 spiro atoms. The SMILES string of the molecule is Cc1cc(Sc2ccc(C(C)(C)C)cc2)c([O-])c(Sc2ccc(C(C)(C)C)cc2)c1. The van der Waals surface area contributed by atoms with Crippen LogP contribution in [-0.4, -0.2) is 0 Å². The zero-order valence-corrected chi connectivity index (χ0v) is 20.6. The highest BCUT2D eigenvalue weighted by Gasteiger charge is 2.14. The smallest absolute Gasteiger partial charge is 0.0122 e. The van der Waals surface area contributed by atoms with E-state index in [-0.39, 0.29) is 16.6 Å². The topological polar surface area (TPSA) is 23.1 Å². The van der Waals surface area contributed by atoms with Crippen LogP contribution in [-0.2, 0) is 10.8 Å². The molecule has 0 bridgehead atoms. The summed E-state index contributed by atoms with van der Waals surface area (Å²) in [7, 11) is 0. The summed E-state index contributed by atoms with van der Waals surface area (Å²) in [5.74, 6) is 0.107. The van der Waals surface area contributed by atoms with Crippen molar-refractivity contribution in [1.29, 1.82) is 0 Å². The first-order valence-corrected chi connectivity index (χ1v) is 12.0. The van der Waals surface area contributed by atoms with Crippen LogP contribution in [0.25, 0.3) is 0 Å². The van der Waals surface area contributed by atoms with Gasteiger partial charge in [0.2, 0.25) is 0 Å². The molecule has 0 saturated carbocycles. The van der Waals surface area contributed by atoms with E-state index in [0.717, 1.165) is 25.1 Å². The molecular weight excluding hydrogens is 404 g/mol. The maximum atomic E-state index is 13.1. The van der Waals surface area contributed by atoms with Crippen molar-refractivity contribution in [3.05, 3.63) is 77.4 Å². The van der Waals surface area contributed by atoms with Crippen LogP contribution in [0.3, 0.4) is 0 Å². The minimum absolute atomic E-state index is 0.107. The lowest BCUT2D eigenvalue weighted by Gasteiger charge is -2.21. The van der Waals surface area contributed by atoms with Gasteiger partial charge in [-0.15, -0.1) is 0 Å². The summed E-state index contributed by atoms with van der Waals surface area (Å²) in [4.78, 5) is 3.76. The van der Waals surface area contributed by atoms with E-state index in [1.807, 2.05) is 12.1 Å². The van der Waals surface area contributed by atoms with Crippen LogP contribution in [0.4, 0.5) is 0 Å². The fraction of sp³-hybridized carbons (Fsp3) is 0.333. The molecule has 0 heterocycles. The summed E-state index contributed by atoms with van der Waals surface area (Å²) >= 11 is 3.10. The second kappa shape index (κ2) is 8.72. The van der Waals surface area contributed by atoms with Gasteiger partial charge in [-0.05, 0) is 70.8 Å². The van der Waals surface area contributed by atoms with Gasteiger partial charge in [0.1, 0.15) is 0 Å². The van der Waals surface area contributed by atoms with Crippen molar-refractivity contribution in [2.24, 2.45) is 0 Å². The minimum Gasteiger partial charge on any atom is -0.871 e. The van der Waals surface area contributed by atoms with Crippen molar-refractivity contribution in [3.63, 3.8) is 0 Å². The fourth-order valence-corrected chi connectivity index (χ4v) is 5.17. The van der Waals surface area contributed by atoms with Gasteiger partial charge in [0.05, 0.1) is 0 Å². The number of aryl methyl sites for hydroxylation is 1. The highest BCUT2D eigenvalue weighted by Crippen LogP contribution is 2.42. The van der Waals surface area contributed by atoms with E-state index in [2.05, 4.69) is 97.0 Å². The molecule has 0 N–H and O–H groups in total. The second-order valence-corrected chi connectivity index (χ2v) is 12.1. The Balaban J connectivity index is 1.83. The Morgan fingerprint density at radius 3 is 1.23 bits per heavy atom. The maximum absolute atomic E-state index is 13.1. The number of benzene rings is 3. The van der Waals surface area contributed by atoms with Crippen LogP contribution in [0.5, 0.6) is 5.75 Å². The Labute approximate surface area is 190 Å². The summed E-state index contributed by atoms with van der Waals surface area (Å²) in [6.45, 7) is 15.3. The van der Waals surface area contributed by atoms with Crippen LogP contribution in [0.2, 0.25) is 0 Å². The van der Waals surface area contributed by atoms with E-state index < -0.39 is 0 Å². The molecule has 0 aliphatic rings. The average Bonchev–Trinajstić information content (AvgIpc) is 2.65. The van der Waals surface area contributed by atoms with Crippen molar-refractivity contribution in [2.75, 3.05) is 0 Å². The van der Waals surface area contributed by atoms with Crippen molar-refractivity contribution >= 4 is 23.5 Å². The molecular formula is C27H31OS2-. The summed E-state index contributed by atoms with van der Waals surface area (Å²) in [6, 6.07) is 21.1. The minimum atomic E-state index is 0.107. The quantitative estimate of drug-likeness (QED) is 0.415. The molecule has 0 amide bonds. The first-order valence-electron chi connectivity index (χ1n) is 10.3. The summed E-state index contributed by atoms with van der Waals surface area (Å²) in [6.07, 6.45) is 0. The molecule has 0 radical (unpaired) electrons. The molecule has 3 aromatic rings. The molecule has 0 aliphatic heterocycles. The third-order valence-corrected chi connectivity index (χ3v) is 7.12. The number of hydrogen-bond donors (Lipinski definition) is 0. The molecule has 0 saturated heterocycles. The van der Waals surface area contributed by atoms with Gasteiger partial charge in [-0.2, -0.15) is 0 Å². The van der Waals surface area contributed by atoms with Crippen molar-refractivity contribution in [3.8, 4) is 5.75 Å². The lowest BCUT2D eigenvalue weighted by atomic mass is 9.87. The first kappa shape index (κ1) is 22.8. The maximum Gasteiger partial charge on any atom is 0.0122 e. The summed E-state index contributed by atoms with van der Waals surface area (Å²) in [5, 5.41) is 13.1. The first-order chi connectivity index (χ1) is 13.9. The van der Waals surface area contributed by atoms with Crippen LogP contribution in [0.1, 0.15) is 58.2 Å². The Bertz CT molecular complexity index is 924. The van der Waals surface area contributed by atoms with Gasteiger partial charge in [-0.25, -0.2) is 0 Å². The zero-order valence-electron chi connectivity index (χ0n) is 19.0.